The Labute approximate surface area is 201 Å². The lowest BCUT2D eigenvalue weighted by molar-refractivity contribution is 0.131. The zero-order valence-corrected chi connectivity index (χ0v) is 19.3. The number of hydrogen-bond acceptors (Lipinski definition) is 9. The van der Waals surface area contributed by atoms with E-state index in [1.54, 1.807) is 4.52 Å². The molecule has 0 radical (unpaired) electrons. The quantitative estimate of drug-likeness (QED) is 0.395. The largest absolute Gasteiger partial charge is 0.457 e. The van der Waals surface area contributed by atoms with Crippen LogP contribution in [0.1, 0.15) is 12.5 Å². The lowest BCUT2D eigenvalue weighted by Crippen LogP contribution is -2.40. The fourth-order valence-electron chi connectivity index (χ4n) is 4.33. The fraction of sp³-hybridized carbons (Fsp3) is 0.200. The highest BCUT2D eigenvalue weighted by Gasteiger charge is 2.32. The van der Waals surface area contributed by atoms with Gasteiger partial charge in [0, 0.05) is 29.0 Å². The van der Waals surface area contributed by atoms with Crippen molar-refractivity contribution in [2.24, 2.45) is 0 Å². The maximum atomic E-state index is 6.14. The average Bonchev–Trinajstić information content (AvgIpc) is 3.47. The number of nitrogen functional groups attached to an aromatic ring is 1. The normalized spacial score (nSPS) is 17.8. The molecule has 2 atom stereocenters. The van der Waals surface area contributed by atoms with Gasteiger partial charge in [-0.25, -0.2) is 19.5 Å². The lowest BCUT2D eigenvalue weighted by Gasteiger charge is -2.30. The summed E-state index contributed by atoms with van der Waals surface area (Å²) in [6.07, 6.45) is 4.48. The predicted molar refractivity (Wildman–Crippen MR) is 133 cm³/mol. The Morgan fingerprint density at radius 2 is 1.97 bits per heavy atom. The van der Waals surface area contributed by atoms with Gasteiger partial charge in [-0.3, -0.25) is 0 Å². The summed E-state index contributed by atoms with van der Waals surface area (Å²) in [4.78, 5) is 14.8. The molecule has 0 aliphatic carbocycles. The SMILES string of the molecule is Cc1cc(N2C(C)COC2Nc2ccc3ncnc(N)c3c2)ccc1Oc1ccn2ncnc2c1. The van der Waals surface area contributed by atoms with Gasteiger partial charge in [-0.1, -0.05) is 0 Å². The number of rotatable bonds is 5. The summed E-state index contributed by atoms with van der Waals surface area (Å²) in [6, 6.07) is 15.9. The molecule has 0 bridgehead atoms. The molecule has 2 aromatic carbocycles. The molecule has 6 rings (SSSR count). The van der Waals surface area contributed by atoms with E-state index in [0.717, 1.165) is 39.2 Å². The number of anilines is 3. The van der Waals surface area contributed by atoms with Crippen LogP contribution in [0.25, 0.3) is 16.6 Å². The molecule has 3 N–H and O–H groups in total. The Morgan fingerprint density at radius 3 is 2.86 bits per heavy atom. The monoisotopic (exact) mass is 468 g/mol. The number of pyridine rings is 1. The Hall–Kier alpha value is -4.44. The van der Waals surface area contributed by atoms with E-state index < -0.39 is 0 Å². The first-order valence-corrected chi connectivity index (χ1v) is 11.3. The van der Waals surface area contributed by atoms with Gasteiger partial charge in [-0.05, 0) is 61.9 Å². The maximum Gasteiger partial charge on any atom is 0.208 e. The van der Waals surface area contributed by atoms with E-state index in [1.807, 2.05) is 55.6 Å². The van der Waals surface area contributed by atoms with E-state index in [4.69, 9.17) is 15.2 Å². The van der Waals surface area contributed by atoms with Crippen molar-refractivity contribution in [1.82, 2.24) is 24.6 Å². The van der Waals surface area contributed by atoms with Crippen LogP contribution in [0.5, 0.6) is 11.5 Å². The second-order valence-electron chi connectivity index (χ2n) is 8.55. The number of nitrogens with one attached hydrogen (secondary N) is 1. The Kier molecular flexibility index (Phi) is 5.07. The standard InChI is InChI=1S/C25H24N8O2/c1-15-9-18(4-6-22(15)35-19-7-8-32-23(11-19)28-14-30-32)33-16(2)12-34-25(33)31-17-3-5-21-20(10-17)24(26)29-13-27-21/h3-11,13-14,16,25,31H,12H2,1-2H3,(H2,26,27,29). The van der Waals surface area contributed by atoms with E-state index in [0.29, 0.717) is 18.2 Å². The molecule has 0 spiro atoms. The molecular weight excluding hydrogens is 444 g/mol. The minimum Gasteiger partial charge on any atom is -0.457 e. The number of benzene rings is 2. The molecule has 1 fully saturated rings. The first kappa shape index (κ1) is 21.1. The van der Waals surface area contributed by atoms with E-state index in [-0.39, 0.29) is 12.4 Å². The number of nitrogens with zero attached hydrogens (tertiary/aromatic N) is 6. The summed E-state index contributed by atoms with van der Waals surface area (Å²) in [5.41, 5.74) is 10.5. The minimum absolute atomic E-state index is 0.183. The second kappa shape index (κ2) is 8.41. The molecule has 5 aromatic rings. The van der Waals surface area contributed by atoms with Crippen molar-refractivity contribution < 1.29 is 9.47 Å². The first-order chi connectivity index (χ1) is 17.0. The summed E-state index contributed by atoms with van der Waals surface area (Å²) in [5, 5.41) is 8.39. The molecule has 35 heavy (non-hydrogen) atoms. The van der Waals surface area contributed by atoms with Crippen LogP contribution in [0, 0.1) is 6.92 Å². The van der Waals surface area contributed by atoms with Crippen molar-refractivity contribution >= 4 is 33.7 Å². The van der Waals surface area contributed by atoms with Gasteiger partial charge in [0.1, 0.15) is 30.0 Å². The highest BCUT2D eigenvalue weighted by molar-refractivity contribution is 5.90. The highest BCUT2D eigenvalue weighted by atomic mass is 16.5. The van der Waals surface area contributed by atoms with Crippen LogP contribution in [0.2, 0.25) is 0 Å². The maximum absolute atomic E-state index is 6.14. The van der Waals surface area contributed by atoms with Crippen LogP contribution >= 0.6 is 0 Å². The van der Waals surface area contributed by atoms with E-state index in [9.17, 15) is 0 Å². The van der Waals surface area contributed by atoms with Gasteiger partial charge in [0.25, 0.3) is 0 Å². The highest BCUT2D eigenvalue weighted by Crippen LogP contribution is 2.33. The molecule has 176 valence electrons. The van der Waals surface area contributed by atoms with E-state index in [1.165, 1.54) is 12.7 Å². The molecule has 3 aromatic heterocycles. The number of hydrogen-bond donors (Lipinski definition) is 2. The summed E-state index contributed by atoms with van der Waals surface area (Å²) in [6.45, 7) is 4.78. The zero-order valence-electron chi connectivity index (χ0n) is 19.3. The van der Waals surface area contributed by atoms with Crippen molar-refractivity contribution in [2.75, 3.05) is 22.6 Å². The third-order valence-corrected chi connectivity index (χ3v) is 6.12. The topological polar surface area (TPSA) is 116 Å². The lowest BCUT2D eigenvalue weighted by atomic mass is 10.1. The molecule has 1 aliphatic rings. The third kappa shape index (κ3) is 3.93. The summed E-state index contributed by atoms with van der Waals surface area (Å²) >= 11 is 0. The van der Waals surface area contributed by atoms with Gasteiger partial charge in [0.2, 0.25) is 6.35 Å². The van der Waals surface area contributed by atoms with Crippen LogP contribution in [-0.2, 0) is 4.74 Å². The molecule has 10 nitrogen and oxygen atoms in total. The minimum atomic E-state index is -0.338. The van der Waals surface area contributed by atoms with Crippen molar-refractivity contribution in [2.45, 2.75) is 26.2 Å². The van der Waals surface area contributed by atoms with Crippen molar-refractivity contribution in [3.05, 3.63) is 72.9 Å². The number of ether oxygens (including phenoxy) is 2. The van der Waals surface area contributed by atoms with E-state index in [2.05, 4.69) is 43.3 Å². The van der Waals surface area contributed by atoms with Gasteiger partial charge in [0.15, 0.2) is 5.65 Å². The number of nitrogens with two attached hydrogens (primary N) is 1. The summed E-state index contributed by atoms with van der Waals surface area (Å²) in [5.74, 6) is 1.93. The molecular formula is C25H24N8O2. The van der Waals surface area contributed by atoms with Gasteiger partial charge in [0.05, 0.1) is 18.2 Å². The summed E-state index contributed by atoms with van der Waals surface area (Å²) in [7, 11) is 0. The van der Waals surface area contributed by atoms with E-state index >= 15 is 0 Å². The Bertz CT molecular complexity index is 1540. The predicted octanol–water partition coefficient (Wildman–Crippen LogP) is 3.98. The zero-order chi connectivity index (χ0) is 23.9. The molecule has 1 aliphatic heterocycles. The van der Waals surface area contributed by atoms with Gasteiger partial charge >= 0.3 is 0 Å². The Morgan fingerprint density at radius 1 is 1.06 bits per heavy atom. The smallest absolute Gasteiger partial charge is 0.208 e. The average molecular weight is 469 g/mol. The molecule has 0 saturated carbocycles. The molecule has 0 amide bonds. The van der Waals surface area contributed by atoms with Crippen LogP contribution in [-0.4, -0.2) is 43.6 Å². The Balaban J connectivity index is 1.24. The molecule has 2 unspecified atom stereocenters. The van der Waals surface area contributed by atoms with Crippen LogP contribution in [0.4, 0.5) is 17.2 Å². The van der Waals surface area contributed by atoms with Gasteiger partial charge in [-0.2, -0.15) is 5.10 Å². The summed E-state index contributed by atoms with van der Waals surface area (Å²) < 4.78 is 13.9. The second-order valence-corrected chi connectivity index (χ2v) is 8.55. The fourth-order valence-corrected chi connectivity index (χ4v) is 4.33. The van der Waals surface area contributed by atoms with Crippen LogP contribution in [0.3, 0.4) is 0 Å². The number of fused-ring (bicyclic) bond motifs is 2. The van der Waals surface area contributed by atoms with Gasteiger partial charge < -0.3 is 25.4 Å². The van der Waals surface area contributed by atoms with Gasteiger partial charge in [-0.15, -0.1) is 0 Å². The molecule has 10 heteroatoms. The van der Waals surface area contributed by atoms with Crippen molar-refractivity contribution in [1.29, 1.82) is 0 Å². The van der Waals surface area contributed by atoms with Crippen molar-refractivity contribution in [3.63, 3.8) is 0 Å². The van der Waals surface area contributed by atoms with Crippen LogP contribution in [0.15, 0.2) is 67.4 Å². The number of aromatic nitrogens is 5. The number of aryl methyl sites for hydroxylation is 1. The molecule has 4 heterocycles. The van der Waals surface area contributed by atoms with Crippen LogP contribution < -0.4 is 20.7 Å². The molecule has 1 saturated heterocycles. The third-order valence-electron chi connectivity index (χ3n) is 6.12. The first-order valence-electron chi connectivity index (χ1n) is 11.3. The van der Waals surface area contributed by atoms with Crippen molar-refractivity contribution in [3.8, 4) is 11.5 Å².